The fraction of sp³-hybridized carbons (Fsp3) is 0.182. The Morgan fingerprint density at radius 2 is 1.79 bits per heavy atom. The van der Waals surface area contributed by atoms with E-state index in [-0.39, 0.29) is 42.5 Å². The van der Waals surface area contributed by atoms with Crippen molar-refractivity contribution in [3.63, 3.8) is 0 Å². The number of fused-ring (bicyclic) bond motifs is 1. The largest absolute Gasteiger partial charge is 0.354 e. The number of hydrogen-bond donors (Lipinski definition) is 1. The second kappa shape index (κ2) is 9.39. The van der Waals surface area contributed by atoms with Crippen LogP contribution < -0.4 is 10.9 Å². The summed E-state index contributed by atoms with van der Waals surface area (Å²) in [4.78, 5) is 39.5. The van der Waals surface area contributed by atoms with E-state index in [0.29, 0.717) is 23.1 Å². The molecular weight excluding hydrogens is 431 g/mol. The van der Waals surface area contributed by atoms with Gasteiger partial charge in [0.1, 0.15) is 17.5 Å². The van der Waals surface area contributed by atoms with Crippen molar-refractivity contribution < 1.29 is 14.1 Å². The highest BCUT2D eigenvalue weighted by Crippen LogP contribution is 2.13. The molecule has 33 heavy (non-hydrogen) atoms. The lowest BCUT2D eigenvalue weighted by Crippen LogP contribution is -2.29. The average molecular weight is 450 g/mol. The number of nitrogens with one attached hydrogen (secondary N) is 1. The van der Waals surface area contributed by atoms with Crippen LogP contribution in [0.15, 0.2) is 65.8 Å². The Bertz CT molecular complexity index is 1360. The van der Waals surface area contributed by atoms with Crippen molar-refractivity contribution in [2.45, 2.75) is 19.5 Å². The van der Waals surface area contributed by atoms with Gasteiger partial charge in [-0.1, -0.05) is 24.3 Å². The predicted octanol–water partition coefficient (Wildman–Crippen LogP) is 2.05. The molecule has 0 saturated carbocycles. The van der Waals surface area contributed by atoms with Crippen LogP contribution in [0.5, 0.6) is 0 Å². The average Bonchev–Trinajstić information content (AvgIpc) is 3.21. The van der Waals surface area contributed by atoms with Crippen LogP contribution in [0.25, 0.3) is 11.0 Å². The molecule has 0 radical (unpaired) electrons. The van der Waals surface area contributed by atoms with Crippen LogP contribution in [0.1, 0.15) is 11.1 Å². The number of hydrogen-bond acceptors (Lipinski definition) is 6. The number of aromatic nitrogens is 4. The number of halogens is 1. The molecule has 4 aromatic rings. The Labute approximate surface area is 186 Å². The van der Waals surface area contributed by atoms with Crippen molar-refractivity contribution in [2.75, 3.05) is 6.54 Å². The number of carbonyl (C=O) groups is 1. The number of carbonyl (C=O) groups excluding carboxylic acids is 1. The van der Waals surface area contributed by atoms with E-state index in [2.05, 4.69) is 15.4 Å². The van der Waals surface area contributed by atoms with Crippen LogP contribution in [-0.2, 0) is 24.3 Å². The fourth-order valence-electron chi connectivity index (χ4n) is 3.34. The molecule has 4 rings (SSSR count). The maximum Gasteiger partial charge on any atom is 0.269 e. The number of nitro groups is 1. The van der Waals surface area contributed by atoms with Crippen LogP contribution in [0.4, 0.5) is 10.1 Å². The lowest BCUT2D eigenvalue weighted by molar-refractivity contribution is -0.384. The highest BCUT2D eigenvalue weighted by atomic mass is 19.1. The maximum atomic E-state index is 13.0. The smallest absolute Gasteiger partial charge is 0.269 e. The molecule has 0 aliphatic carbocycles. The molecule has 1 N–H and O–H groups in total. The molecule has 168 valence electrons. The minimum atomic E-state index is -0.483. The summed E-state index contributed by atoms with van der Waals surface area (Å²) in [5.74, 6) is -0.569. The quantitative estimate of drug-likeness (QED) is 0.324. The van der Waals surface area contributed by atoms with Crippen LogP contribution >= 0.6 is 0 Å². The van der Waals surface area contributed by atoms with Gasteiger partial charge >= 0.3 is 0 Å². The summed E-state index contributed by atoms with van der Waals surface area (Å²) in [6.45, 7) is 0.812. The van der Waals surface area contributed by atoms with Crippen molar-refractivity contribution >= 4 is 22.6 Å². The molecule has 0 saturated heterocycles. The third kappa shape index (κ3) is 5.09. The van der Waals surface area contributed by atoms with Gasteiger partial charge in [-0.25, -0.2) is 14.1 Å². The predicted molar refractivity (Wildman–Crippen MR) is 117 cm³/mol. The molecule has 2 heterocycles. The summed E-state index contributed by atoms with van der Waals surface area (Å²) in [7, 11) is 0. The summed E-state index contributed by atoms with van der Waals surface area (Å²) in [6, 6.07) is 11.7. The number of nitrogens with zero attached hydrogens (tertiary/aromatic N) is 5. The summed E-state index contributed by atoms with van der Waals surface area (Å²) in [5.41, 5.74) is 1.51. The van der Waals surface area contributed by atoms with Crippen molar-refractivity contribution in [1.29, 1.82) is 0 Å². The lowest BCUT2D eigenvalue weighted by Gasteiger charge is -2.08. The zero-order valence-electron chi connectivity index (χ0n) is 17.3. The van der Waals surface area contributed by atoms with Gasteiger partial charge < -0.3 is 5.32 Å². The van der Waals surface area contributed by atoms with E-state index in [9.17, 15) is 24.1 Å². The number of amides is 1. The molecule has 2 aromatic carbocycles. The molecule has 11 heteroatoms. The van der Waals surface area contributed by atoms with Crippen LogP contribution in [-0.4, -0.2) is 36.7 Å². The normalized spacial score (nSPS) is 10.9. The van der Waals surface area contributed by atoms with Gasteiger partial charge in [-0.05, 0) is 23.3 Å². The highest BCUT2D eigenvalue weighted by Gasteiger charge is 2.12. The first-order chi connectivity index (χ1) is 15.9. The summed E-state index contributed by atoms with van der Waals surface area (Å²) in [6.07, 6.45) is 2.96. The van der Waals surface area contributed by atoms with Gasteiger partial charge in [0.2, 0.25) is 5.91 Å². The van der Waals surface area contributed by atoms with Crippen molar-refractivity contribution in [2.24, 2.45) is 0 Å². The minimum Gasteiger partial charge on any atom is -0.354 e. The van der Waals surface area contributed by atoms with Gasteiger partial charge in [0, 0.05) is 18.7 Å². The summed E-state index contributed by atoms with van der Waals surface area (Å²) in [5, 5.41) is 18.1. The monoisotopic (exact) mass is 450 g/mol. The van der Waals surface area contributed by atoms with Gasteiger partial charge in [-0.15, -0.1) is 0 Å². The fourth-order valence-corrected chi connectivity index (χ4v) is 3.34. The molecule has 0 bridgehead atoms. The highest BCUT2D eigenvalue weighted by molar-refractivity contribution is 5.78. The third-order valence-corrected chi connectivity index (χ3v) is 5.05. The van der Waals surface area contributed by atoms with E-state index in [0.717, 1.165) is 5.56 Å². The standard InChI is InChI=1S/C22H19FN6O4/c23-17-5-1-15(2-6-17)11-20(30)24-9-10-28-21-19(12-26-28)22(31)27(14-25-21)13-16-3-7-18(8-4-16)29(32)33/h1-8,12,14H,9-11,13H2,(H,24,30). The van der Waals surface area contributed by atoms with E-state index in [1.807, 2.05) is 0 Å². The minimum absolute atomic E-state index is 0.0225. The van der Waals surface area contributed by atoms with E-state index < -0.39 is 4.92 Å². The lowest BCUT2D eigenvalue weighted by atomic mass is 10.1. The van der Waals surface area contributed by atoms with Gasteiger partial charge in [0.25, 0.3) is 11.2 Å². The van der Waals surface area contributed by atoms with Gasteiger partial charge in [0.05, 0.1) is 30.6 Å². The molecule has 0 fully saturated rings. The van der Waals surface area contributed by atoms with Crippen LogP contribution in [0, 0.1) is 15.9 Å². The Morgan fingerprint density at radius 1 is 1.09 bits per heavy atom. The molecule has 0 atom stereocenters. The molecule has 0 aliphatic rings. The third-order valence-electron chi connectivity index (χ3n) is 5.05. The molecule has 1 amide bonds. The Balaban J connectivity index is 1.39. The Hall–Kier alpha value is -4.41. The number of nitro benzene ring substituents is 1. The Kier molecular flexibility index (Phi) is 6.20. The second-order valence-electron chi connectivity index (χ2n) is 7.36. The molecule has 2 aromatic heterocycles. The van der Waals surface area contributed by atoms with E-state index >= 15 is 0 Å². The van der Waals surface area contributed by atoms with Crippen molar-refractivity contribution in [3.05, 3.63) is 98.5 Å². The van der Waals surface area contributed by atoms with Crippen LogP contribution in [0.3, 0.4) is 0 Å². The number of rotatable bonds is 8. The SMILES string of the molecule is O=C(Cc1ccc(F)cc1)NCCn1ncc2c(=O)n(Cc3ccc([N+](=O)[O-])cc3)cnc21. The summed E-state index contributed by atoms with van der Waals surface area (Å²) >= 11 is 0. The number of benzene rings is 2. The topological polar surface area (TPSA) is 125 Å². The molecule has 10 nitrogen and oxygen atoms in total. The number of non-ortho nitro benzene ring substituents is 1. The maximum absolute atomic E-state index is 13.0. The zero-order chi connectivity index (χ0) is 23.4. The van der Waals surface area contributed by atoms with E-state index in [1.165, 1.54) is 46.0 Å². The first-order valence-corrected chi connectivity index (χ1v) is 10.1. The van der Waals surface area contributed by atoms with Gasteiger partial charge in [-0.3, -0.25) is 24.3 Å². The van der Waals surface area contributed by atoms with Crippen molar-refractivity contribution in [3.8, 4) is 0 Å². The van der Waals surface area contributed by atoms with Crippen molar-refractivity contribution in [1.82, 2.24) is 24.6 Å². The molecular formula is C22H19FN6O4. The summed E-state index contributed by atoms with van der Waals surface area (Å²) < 4.78 is 15.9. The zero-order valence-corrected chi connectivity index (χ0v) is 17.3. The second-order valence-corrected chi connectivity index (χ2v) is 7.36. The first-order valence-electron chi connectivity index (χ1n) is 10.1. The first kappa shape index (κ1) is 21.8. The van der Waals surface area contributed by atoms with Crippen LogP contribution in [0.2, 0.25) is 0 Å². The Morgan fingerprint density at radius 3 is 2.48 bits per heavy atom. The molecule has 0 aliphatic heterocycles. The molecule has 0 unspecified atom stereocenters. The van der Waals surface area contributed by atoms with Gasteiger partial charge in [-0.2, -0.15) is 5.10 Å². The van der Waals surface area contributed by atoms with Gasteiger partial charge in [0.15, 0.2) is 5.65 Å². The molecule has 0 spiro atoms. The van der Waals surface area contributed by atoms with E-state index in [1.54, 1.807) is 24.3 Å². The van der Waals surface area contributed by atoms with E-state index in [4.69, 9.17) is 0 Å².